The molecule has 0 amide bonds. The van der Waals surface area contributed by atoms with Crippen molar-refractivity contribution in [3.05, 3.63) is 28.2 Å². The zero-order valence-corrected chi connectivity index (χ0v) is 14.9. The molecule has 0 radical (unpaired) electrons. The summed E-state index contributed by atoms with van der Waals surface area (Å²) >= 11 is 12.3. The van der Waals surface area contributed by atoms with Gasteiger partial charge in [-0.05, 0) is 36.5 Å². The van der Waals surface area contributed by atoms with Gasteiger partial charge in [0, 0.05) is 30.9 Å². The molecule has 1 aliphatic heterocycles. The molecule has 0 bridgehead atoms. The maximum Gasteiger partial charge on any atom is 0.0612 e. The van der Waals surface area contributed by atoms with Gasteiger partial charge >= 0.3 is 0 Å². The summed E-state index contributed by atoms with van der Waals surface area (Å²) in [5, 5.41) is 4.96. The lowest BCUT2D eigenvalue weighted by molar-refractivity contribution is 0.310. The minimum atomic E-state index is 0.491. The molecule has 0 aromatic heterocycles. The number of nitrogens with one attached hydrogen (secondary N) is 1. The van der Waals surface area contributed by atoms with E-state index in [0.29, 0.717) is 34.0 Å². The van der Waals surface area contributed by atoms with Gasteiger partial charge in [-0.3, -0.25) is 0 Å². The summed E-state index contributed by atoms with van der Waals surface area (Å²) in [7, 11) is 0. The van der Waals surface area contributed by atoms with E-state index in [4.69, 9.17) is 23.2 Å². The van der Waals surface area contributed by atoms with Crippen LogP contribution in [-0.2, 0) is 0 Å². The first-order chi connectivity index (χ1) is 9.88. The molecule has 1 heterocycles. The normalized spacial score (nSPS) is 23.1. The Morgan fingerprint density at radius 1 is 1.19 bits per heavy atom. The molecule has 118 valence electrons. The van der Waals surface area contributed by atoms with Crippen molar-refractivity contribution in [3.8, 4) is 0 Å². The second kappa shape index (κ2) is 7.21. The van der Waals surface area contributed by atoms with Crippen molar-refractivity contribution in [2.75, 3.05) is 18.0 Å². The van der Waals surface area contributed by atoms with E-state index in [2.05, 4.69) is 44.0 Å². The molecule has 0 saturated carbocycles. The number of piperazine rings is 1. The molecular formula is C17H26Cl2N2. The Bertz CT molecular complexity index is 474. The Labute approximate surface area is 138 Å². The highest BCUT2D eigenvalue weighted by molar-refractivity contribution is 6.42. The molecule has 1 aromatic carbocycles. The van der Waals surface area contributed by atoms with Crippen LogP contribution in [0.4, 0.5) is 5.69 Å². The maximum absolute atomic E-state index is 6.21. The molecule has 2 nitrogen and oxygen atoms in total. The van der Waals surface area contributed by atoms with Crippen molar-refractivity contribution in [3.63, 3.8) is 0 Å². The third-order valence-electron chi connectivity index (χ3n) is 4.19. The molecule has 21 heavy (non-hydrogen) atoms. The SMILES string of the molecule is CC(C)CC1CN(c2ccc(Cl)c(Cl)c2)C(C(C)C)CN1. The first-order valence-electron chi connectivity index (χ1n) is 7.83. The molecule has 1 aromatic rings. The standard InChI is InChI=1S/C17H26Cl2N2/c1-11(2)7-13-10-21(17(9-20-13)12(3)4)14-5-6-15(18)16(19)8-14/h5-6,8,11-13,17,20H,7,9-10H2,1-4H3. The molecule has 1 aliphatic rings. The van der Waals surface area contributed by atoms with E-state index in [1.54, 1.807) is 0 Å². The van der Waals surface area contributed by atoms with Crippen molar-refractivity contribution in [1.29, 1.82) is 0 Å². The van der Waals surface area contributed by atoms with Crippen LogP contribution in [0, 0.1) is 11.8 Å². The molecule has 1 N–H and O–H groups in total. The number of benzene rings is 1. The molecular weight excluding hydrogens is 303 g/mol. The molecule has 2 unspecified atom stereocenters. The van der Waals surface area contributed by atoms with Crippen LogP contribution in [0.15, 0.2) is 18.2 Å². The summed E-state index contributed by atoms with van der Waals surface area (Å²) in [6, 6.07) is 7.01. The largest absolute Gasteiger partial charge is 0.365 e. The van der Waals surface area contributed by atoms with E-state index in [9.17, 15) is 0 Å². The monoisotopic (exact) mass is 328 g/mol. The lowest BCUT2D eigenvalue weighted by Gasteiger charge is -2.44. The molecule has 0 aliphatic carbocycles. The van der Waals surface area contributed by atoms with E-state index in [0.717, 1.165) is 13.1 Å². The van der Waals surface area contributed by atoms with E-state index in [-0.39, 0.29) is 0 Å². The lowest BCUT2D eigenvalue weighted by atomic mass is 9.94. The van der Waals surface area contributed by atoms with Crippen LogP contribution >= 0.6 is 23.2 Å². The van der Waals surface area contributed by atoms with Crippen LogP contribution in [0.3, 0.4) is 0 Å². The molecule has 2 atom stereocenters. The number of hydrogen-bond acceptors (Lipinski definition) is 2. The van der Waals surface area contributed by atoms with Gasteiger partial charge in [-0.15, -0.1) is 0 Å². The number of hydrogen-bond donors (Lipinski definition) is 1. The molecule has 0 spiro atoms. The van der Waals surface area contributed by atoms with E-state index >= 15 is 0 Å². The summed E-state index contributed by atoms with van der Waals surface area (Å²) in [6.45, 7) is 11.2. The minimum Gasteiger partial charge on any atom is -0.365 e. The first kappa shape index (κ1) is 16.9. The van der Waals surface area contributed by atoms with Crippen LogP contribution in [0.2, 0.25) is 10.0 Å². The zero-order chi connectivity index (χ0) is 15.6. The van der Waals surface area contributed by atoms with Crippen LogP contribution in [-0.4, -0.2) is 25.2 Å². The Balaban J connectivity index is 2.22. The second-order valence-corrected chi connectivity index (χ2v) is 7.61. The predicted octanol–water partition coefficient (Wildman–Crippen LogP) is 4.84. The van der Waals surface area contributed by atoms with E-state index in [1.807, 2.05) is 12.1 Å². The smallest absolute Gasteiger partial charge is 0.0612 e. The van der Waals surface area contributed by atoms with Crippen LogP contribution in [0.5, 0.6) is 0 Å². The van der Waals surface area contributed by atoms with Gasteiger partial charge in [0.15, 0.2) is 0 Å². The van der Waals surface area contributed by atoms with Gasteiger partial charge in [-0.1, -0.05) is 50.9 Å². The number of rotatable bonds is 4. The Hall–Kier alpha value is -0.440. The fourth-order valence-electron chi connectivity index (χ4n) is 3.12. The third kappa shape index (κ3) is 4.28. The number of nitrogens with zero attached hydrogens (tertiary/aromatic N) is 1. The maximum atomic E-state index is 6.21. The Morgan fingerprint density at radius 2 is 1.90 bits per heavy atom. The quantitative estimate of drug-likeness (QED) is 0.850. The van der Waals surface area contributed by atoms with Gasteiger partial charge in [-0.2, -0.15) is 0 Å². The van der Waals surface area contributed by atoms with Crippen molar-refractivity contribution in [2.24, 2.45) is 11.8 Å². The van der Waals surface area contributed by atoms with Crippen LogP contribution in [0.1, 0.15) is 34.1 Å². The molecule has 4 heteroatoms. The van der Waals surface area contributed by atoms with Crippen molar-refractivity contribution in [1.82, 2.24) is 5.32 Å². The van der Waals surface area contributed by atoms with Crippen LogP contribution < -0.4 is 10.2 Å². The molecule has 1 fully saturated rings. The summed E-state index contributed by atoms with van der Waals surface area (Å²) in [5.74, 6) is 1.29. The summed E-state index contributed by atoms with van der Waals surface area (Å²) in [4.78, 5) is 2.50. The summed E-state index contributed by atoms with van der Waals surface area (Å²) < 4.78 is 0. The molecule has 2 rings (SSSR count). The van der Waals surface area contributed by atoms with E-state index in [1.165, 1.54) is 12.1 Å². The molecule has 1 saturated heterocycles. The van der Waals surface area contributed by atoms with Crippen molar-refractivity contribution in [2.45, 2.75) is 46.2 Å². The fraction of sp³-hybridized carbons (Fsp3) is 0.647. The van der Waals surface area contributed by atoms with Gasteiger partial charge in [0.2, 0.25) is 0 Å². The van der Waals surface area contributed by atoms with E-state index < -0.39 is 0 Å². The van der Waals surface area contributed by atoms with Crippen LogP contribution in [0.25, 0.3) is 0 Å². The van der Waals surface area contributed by atoms with Gasteiger partial charge < -0.3 is 10.2 Å². The topological polar surface area (TPSA) is 15.3 Å². The number of halogens is 2. The minimum absolute atomic E-state index is 0.491. The van der Waals surface area contributed by atoms with Gasteiger partial charge in [0.1, 0.15) is 0 Å². The highest BCUT2D eigenvalue weighted by Gasteiger charge is 2.30. The highest BCUT2D eigenvalue weighted by Crippen LogP contribution is 2.31. The lowest BCUT2D eigenvalue weighted by Crippen LogP contribution is -2.58. The third-order valence-corrected chi connectivity index (χ3v) is 4.93. The Kier molecular flexibility index (Phi) is 5.81. The summed E-state index contributed by atoms with van der Waals surface area (Å²) in [6.07, 6.45) is 1.20. The number of anilines is 1. The zero-order valence-electron chi connectivity index (χ0n) is 13.4. The average Bonchev–Trinajstić information content (AvgIpc) is 2.41. The Morgan fingerprint density at radius 3 is 2.48 bits per heavy atom. The van der Waals surface area contributed by atoms with Gasteiger partial charge in [0.25, 0.3) is 0 Å². The van der Waals surface area contributed by atoms with Gasteiger partial charge in [0.05, 0.1) is 10.0 Å². The van der Waals surface area contributed by atoms with Gasteiger partial charge in [-0.25, -0.2) is 0 Å². The summed E-state index contributed by atoms with van der Waals surface area (Å²) in [5.41, 5.74) is 1.18. The average molecular weight is 329 g/mol. The fourth-order valence-corrected chi connectivity index (χ4v) is 3.41. The first-order valence-corrected chi connectivity index (χ1v) is 8.59. The predicted molar refractivity (Wildman–Crippen MR) is 93.7 cm³/mol. The van der Waals surface area contributed by atoms with Crippen molar-refractivity contribution < 1.29 is 0 Å². The van der Waals surface area contributed by atoms with Crippen molar-refractivity contribution >= 4 is 28.9 Å². The highest BCUT2D eigenvalue weighted by atomic mass is 35.5. The second-order valence-electron chi connectivity index (χ2n) is 6.80.